The molecule has 0 saturated carbocycles. The fourth-order valence-corrected chi connectivity index (χ4v) is 3.87. The van der Waals surface area contributed by atoms with Crippen LogP contribution in [0.4, 0.5) is 5.69 Å². The van der Waals surface area contributed by atoms with E-state index in [-0.39, 0.29) is 5.91 Å². The summed E-state index contributed by atoms with van der Waals surface area (Å²) in [5, 5.41) is 0. The third kappa shape index (κ3) is 5.30. The molecule has 1 saturated heterocycles. The van der Waals surface area contributed by atoms with Gasteiger partial charge in [-0.25, -0.2) is 0 Å². The van der Waals surface area contributed by atoms with Gasteiger partial charge >= 0.3 is 0 Å². The van der Waals surface area contributed by atoms with Crippen molar-refractivity contribution in [2.75, 3.05) is 45.9 Å². The summed E-state index contributed by atoms with van der Waals surface area (Å²) >= 11 is 0. The quantitative estimate of drug-likeness (QED) is 0.704. The van der Waals surface area contributed by atoms with E-state index in [2.05, 4.69) is 30.0 Å². The molecule has 5 nitrogen and oxygen atoms in total. The van der Waals surface area contributed by atoms with Crippen molar-refractivity contribution in [2.45, 2.75) is 31.7 Å². The molecule has 1 amide bonds. The lowest BCUT2D eigenvalue weighted by atomic mass is 9.93. The van der Waals surface area contributed by atoms with Crippen molar-refractivity contribution in [1.82, 2.24) is 4.90 Å². The van der Waals surface area contributed by atoms with Crippen LogP contribution >= 0.6 is 0 Å². The predicted octanol–water partition coefficient (Wildman–Crippen LogP) is 4.19. The number of methoxy groups -OCH3 is 1. The number of hydrogen-bond donors (Lipinski definition) is 0. The van der Waals surface area contributed by atoms with Gasteiger partial charge in [0, 0.05) is 31.9 Å². The number of carbonyl (C=O) groups is 1. The molecular weight excluding hydrogens is 364 g/mol. The van der Waals surface area contributed by atoms with Gasteiger partial charge in [-0.3, -0.25) is 4.79 Å². The van der Waals surface area contributed by atoms with Crippen molar-refractivity contribution in [3.05, 3.63) is 59.7 Å². The molecule has 29 heavy (non-hydrogen) atoms. The van der Waals surface area contributed by atoms with Gasteiger partial charge in [0.05, 0.1) is 26.4 Å². The van der Waals surface area contributed by atoms with Gasteiger partial charge in [-0.05, 0) is 54.7 Å². The van der Waals surface area contributed by atoms with Gasteiger partial charge in [0.1, 0.15) is 5.75 Å². The summed E-state index contributed by atoms with van der Waals surface area (Å²) in [6.45, 7) is 4.54. The average molecular weight is 397 g/mol. The van der Waals surface area contributed by atoms with Crippen LogP contribution in [0, 0.1) is 0 Å². The van der Waals surface area contributed by atoms with E-state index in [1.54, 1.807) is 26.1 Å². The van der Waals surface area contributed by atoms with Crippen LogP contribution in [0.15, 0.2) is 48.5 Å². The monoisotopic (exact) mass is 396 g/mol. The van der Waals surface area contributed by atoms with E-state index in [1.165, 1.54) is 5.56 Å². The van der Waals surface area contributed by atoms with E-state index in [9.17, 15) is 4.79 Å². The lowest BCUT2D eigenvalue weighted by Crippen LogP contribution is -2.45. The Kier molecular flexibility index (Phi) is 7.15. The Morgan fingerprint density at radius 1 is 1.24 bits per heavy atom. The van der Waals surface area contributed by atoms with Crippen molar-refractivity contribution >= 4 is 11.6 Å². The zero-order valence-corrected chi connectivity index (χ0v) is 17.9. The minimum atomic E-state index is 0.0308. The molecule has 3 rings (SSSR count). The normalized spacial score (nSPS) is 17.7. The number of ether oxygens (including phenoxy) is 2. The molecule has 2 atom stereocenters. The van der Waals surface area contributed by atoms with Crippen LogP contribution in [0.1, 0.15) is 41.6 Å². The van der Waals surface area contributed by atoms with Gasteiger partial charge in [-0.1, -0.05) is 25.1 Å². The average Bonchev–Trinajstić information content (AvgIpc) is 2.77. The first-order chi connectivity index (χ1) is 14.0. The summed E-state index contributed by atoms with van der Waals surface area (Å²) < 4.78 is 11.1. The maximum Gasteiger partial charge on any atom is 0.253 e. The van der Waals surface area contributed by atoms with Gasteiger partial charge in [-0.15, -0.1) is 0 Å². The highest BCUT2D eigenvalue weighted by molar-refractivity contribution is 5.94. The van der Waals surface area contributed by atoms with Crippen LogP contribution in [-0.2, 0) is 4.74 Å². The van der Waals surface area contributed by atoms with E-state index in [1.807, 2.05) is 30.3 Å². The Labute approximate surface area is 174 Å². The predicted molar refractivity (Wildman–Crippen MR) is 117 cm³/mol. The summed E-state index contributed by atoms with van der Waals surface area (Å²) in [6, 6.07) is 16.6. The lowest BCUT2D eigenvalue weighted by Gasteiger charge is -2.38. The van der Waals surface area contributed by atoms with Crippen LogP contribution in [0.2, 0.25) is 0 Å². The van der Waals surface area contributed by atoms with Crippen molar-refractivity contribution in [3.8, 4) is 5.75 Å². The number of benzene rings is 2. The van der Waals surface area contributed by atoms with E-state index in [0.717, 1.165) is 43.0 Å². The SMILES string of the molecule is COc1cccc([C@@H](C)CCC2COCCN2c2cccc(C(=O)N(C)C)c2)c1. The van der Waals surface area contributed by atoms with Gasteiger partial charge in [0.25, 0.3) is 5.91 Å². The Morgan fingerprint density at radius 2 is 2.03 bits per heavy atom. The summed E-state index contributed by atoms with van der Waals surface area (Å²) in [4.78, 5) is 16.4. The first-order valence-corrected chi connectivity index (χ1v) is 10.3. The van der Waals surface area contributed by atoms with Gasteiger partial charge in [0.2, 0.25) is 0 Å². The van der Waals surface area contributed by atoms with Gasteiger partial charge in [-0.2, -0.15) is 0 Å². The molecule has 0 aromatic heterocycles. The van der Waals surface area contributed by atoms with E-state index in [0.29, 0.717) is 18.6 Å². The van der Waals surface area contributed by atoms with E-state index >= 15 is 0 Å². The Hall–Kier alpha value is -2.53. The highest BCUT2D eigenvalue weighted by atomic mass is 16.5. The molecule has 0 spiro atoms. The van der Waals surface area contributed by atoms with Crippen molar-refractivity contribution in [3.63, 3.8) is 0 Å². The molecule has 1 aliphatic heterocycles. The first kappa shape index (κ1) is 21.2. The molecule has 1 heterocycles. The summed E-state index contributed by atoms with van der Waals surface area (Å²) in [5.41, 5.74) is 3.12. The largest absolute Gasteiger partial charge is 0.497 e. The number of nitrogens with zero attached hydrogens (tertiary/aromatic N) is 2. The van der Waals surface area contributed by atoms with E-state index < -0.39 is 0 Å². The maximum absolute atomic E-state index is 12.4. The van der Waals surface area contributed by atoms with Crippen LogP contribution in [0.5, 0.6) is 5.75 Å². The second-order valence-electron chi connectivity index (χ2n) is 7.93. The molecule has 1 unspecified atom stereocenters. The number of rotatable bonds is 7. The zero-order chi connectivity index (χ0) is 20.8. The molecule has 0 aliphatic carbocycles. The molecule has 0 radical (unpaired) electrons. The zero-order valence-electron chi connectivity index (χ0n) is 17.9. The smallest absolute Gasteiger partial charge is 0.253 e. The fourth-order valence-electron chi connectivity index (χ4n) is 3.87. The second-order valence-corrected chi connectivity index (χ2v) is 7.93. The molecule has 5 heteroatoms. The number of amides is 1. The van der Waals surface area contributed by atoms with Crippen LogP contribution in [0.25, 0.3) is 0 Å². The van der Waals surface area contributed by atoms with Crippen molar-refractivity contribution in [1.29, 1.82) is 0 Å². The van der Waals surface area contributed by atoms with E-state index in [4.69, 9.17) is 9.47 Å². The summed E-state index contributed by atoms with van der Waals surface area (Å²) in [5.74, 6) is 1.37. The first-order valence-electron chi connectivity index (χ1n) is 10.3. The third-order valence-corrected chi connectivity index (χ3v) is 5.65. The molecule has 2 aromatic rings. The molecular formula is C24H32N2O3. The van der Waals surface area contributed by atoms with Gasteiger partial charge < -0.3 is 19.3 Å². The molecule has 0 bridgehead atoms. The highest BCUT2D eigenvalue weighted by Crippen LogP contribution is 2.28. The van der Waals surface area contributed by atoms with Crippen LogP contribution in [0.3, 0.4) is 0 Å². The fraction of sp³-hybridized carbons (Fsp3) is 0.458. The number of hydrogen-bond acceptors (Lipinski definition) is 4. The summed E-state index contributed by atoms with van der Waals surface area (Å²) in [6.07, 6.45) is 2.10. The molecule has 1 aliphatic rings. The van der Waals surface area contributed by atoms with Crippen molar-refractivity contribution < 1.29 is 14.3 Å². The topological polar surface area (TPSA) is 42.0 Å². The Morgan fingerprint density at radius 3 is 2.79 bits per heavy atom. The van der Waals surface area contributed by atoms with Crippen LogP contribution < -0.4 is 9.64 Å². The number of morpholine rings is 1. The highest BCUT2D eigenvalue weighted by Gasteiger charge is 2.24. The number of carbonyl (C=O) groups excluding carboxylic acids is 1. The lowest BCUT2D eigenvalue weighted by molar-refractivity contribution is 0.0827. The van der Waals surface area contributed by atoms with Crippen LogP contribution in [-0.4, -0.2) is 57.8 Å². The Bertz CT molecular complexity index is 821. The molecule has 1 fully saturated rings. The van der Waals surface area contributed by atoms with Crippen molar-refractivity contribution in [2.24, 2.45) is 0 Å². The number of anilines is 1. The Balaban J connectivity index is 1.70. The standard InChI is InChI=1S/C24H32N2O3/c1-18(19-7-6-10-23(16-19)28-4)11-12-22-17-29-14-13-26(22)21-9-5-8-20(15-21)24(27)25(2)3/h5-10,15-16,18,22H,11-14,17H2,1-4H3/t18-,22?/m0/s1. The van der Waals surface area contributed by atoms with Gasteiger partial charge in [0.15, 0.2) is 0 Å². The molecule has 156 valence electrons. The molecule has 2 aromatic carbocycles. The maximum atomic E-state index is 12.4. The molecule has 0 N–H and O–H groups in total. The summed E-state index contributed by atoms with van der Waals surface area (Å²) in [7, 11) is 5.27. The minimum absolute atomic E-state index is 0.0308. The second kappa shape index (κ2) is 9.79. The minimum Gasteiger partial charge on any atom is -0.497 e. The third-order valence-electron chi connectivity index (χ3n) is 5.65.